The molecule has 0 N–H and O–H groups in total. The SMILES string of the molecule is [CH2]C(=O)C#CCl. The maximum Gasteiger partial charge on any atom is 0.207 e. The van der Waals surface area contributed by atoms with Crippen LogP contribution in [0.1, 0.15) is 0 Å². The molecule has 31 valence electrons. The van der Waals surface area contributed by atoms with Gasteiger partial charge in [-0.05, 0) is 17.5 Å². The molecule has 2 heteroatoms. The number of carbonyl (C=O) groups is 1. The van der Waals surface area contributed by atoms with Crippen molar-refractivity contribution in [1.29, 1.82) is 0 Å². The minimum atomic E-state index is -0.454. The highest BCUT2D eigenvalue weighted by Gasteiger charge is 1.73. The Morgan fingerprint density at radius 3 is 2.33 bits per heavy atom. The molecule has 0 aliphatic rings. The predicted molar refractivity (Wildman–Crippen MR) is 24.0 cm³/mol. The number of carbonyl (C=O) groups excluding carboxylic acids is 1. The Morgan fingerprint density at radius 2 is 2.33 bits per heavy atom. The molecule has 1 radical (unpaired) electrons. The van der Waals surface area contributed by atoms with Crippen molar-refractivity contribution in [2.24, 2.45) is 0 Å². The lowest BCUT2D eigenvalue weighted by atomic mass is 10.5. The fraction of sp³-hybridized carbons (Fsp3) is 0. The second-order valence-corrected chi connectivity index (χ2v) is 0.832. The van der Waals surface area contributed by atoms with Gasteiger partial charge in [0.15, 0.2) is 0 Å². The highest BCUT2D eigenvalue weighted by molar-refractivity contribution is 6.31. The summed E-state index contributed by atoms with van der Waals surface area (Å²) < 4.78 is 0. The standard InChI is InChI=1S/C4H2ClO/c1-4(6)2-3-5/h1H2. The minimum absolute atomic E-state index is 0.454. The normalized spacial score (nSPS) is 5.67. The van der Waals surface area contributed by atoms with Gasteiger partial charge in [0.25, 0.3) is 0 Å². The van der Waals surface area contributed by atoms with Crippen molar-refractivity contribution in [3.8, 4) is 11.3 Å². The second-order valence-electron chi connectivity index (χ2n) is 0.643. The maximum absolute atomic E-state index is 9.67. The third-order valence-electron chi connectivity index (χ3n) is 0.187. The summed E-state index contributed by atoms with van der Waals surface area (Å²) in [6, 6.07) is 0. The van der Waals surface area contributed by atoms with Crippen LogP contribution in [-0.2, 0) is 4.79 Å². The zero-order valence-electron chi connectivity index (χ0n) is 2.99. The van der Waals surface area contributed by atoms with Gasteiger partial charge in [0.1, 0.15) is 0 Å². The fourth-order valence-corrected chi connectivity index (χ4v) is 0.158. The first-order chi connectivity index (χ1) is 2.77. The van der Waals surface area contributed by atoms with E-state index in [2.05, 4.69) is 6.92 Å². The van der Waals surface area contributed by atoms with Crippen molar-refractivity contribution < 1.29 is 4.79 Å². The Balaban J connectivity index is 3.50. The Hall–Kier alpha value is -0.480. The maximum atomic E-state index is 9.67. The van der Waals surface area contributed by atoms with Gasteiger partial charge in [0.05, 0.1) is 0 Å². The van der Waals surface area contributed by atoms with Gasteiger partial charge in [-0.3, -0.25) is 4.79 Å². The van der Waals surface area contributed by atoms with Gasteiger partial charge >= 0.3 is 0 Å². The third kappa shape index (κ3) is 3.52. The highest BCUT2D eigenvalue weighted by atomic mass is 35.5. The summed E-state index contributed by atoms with van der Waals surface area (Å²) >= 11 is 4.77. The van der Waals surface area contributed by atoms with Crippen LogP contribution in [0.15, 0.2) is 0 Å². The van der Waals surface area contributed by atoms with Gasteiger partial charge in [-0.1, -0.05) is 0 Å². The minimum Gasteiger partial charge on any atom is -0.285 e. The molecule has 0 fully saturated rings. The molecule has 0 aromatic carbocycles. The molecule has 0 bridgehead atoms. The van der Waals surface area contributed by atoms with Gasteiger partial charge in [-0.15, -0.1) is 0 Å². The van der Waals surface area contributed by atoms with E-state index in [0.29, 0.717) is 0 Å². The second kappa shape index (κ2) is 2.74. The summed E-state index contributed by atoms with van der Waals surface area (Å²) in [5.41, 5.74) is 0. The van der Waals surface area contributed by atoms with Crippen molar-refractivity contribution in [3.63, 3.8) is 0 Å². The summed E-state index contributed by atoms with van der Waals surface area (Å²) in [6.07, 6.45) is 0. The molecular weight excluding hydrogens is 99.5 g/mol. The van der Waals surface area contributed by atoms with Crippen LogP contribution in [0.25, 0.3) is 0 Å². The largest absolute Gasteiger partial charge is 0.285 e. The number of halogens is 1. The molecular formula is C4H2ClO. The molecule has 0 rings (SSSR count). The van der Waals surface area contributed by atoms with E-state index in [0.717, 1.165) is 0 Å². The first-order valence-corrected chi connectivity index (χ1v) is 1.62. The summed E-state index contributed by atoms with van der Waals surface area (Å²) in [6.45, 7) is 2.93. The highest BCUT2D eigenvalue weighted by Crippen LogP contribution is 1.63. The van der Waals surface area contributed by atoms with E-state index < -0.39 is 5.78 Å². The van der Waals surface area contributed by atoms with E-state index >= 15 is 0 Å². The number of hydrogen-bond acceptors (Lipinski definition) is 1. The van der Waals surface area contributed by atoms with Crippen LogP contribution in [0, 0.1) is 18.2 Å². The smallest absolute Gasteiger partial charge is 0.207 e. The Morgan fingerprint density at radius 1 is 1.83 bits per heavy atom. The monoisotopic (exact) mass is 101 g/mol. The lowest BCUT2D eigenvalue weighted by Gasteiger charge is -1.59. The molecule has 0 saturated carbocycles. The lowest BCUT2D eigenvalue weighted by Crippen LogP contribution is -1.78. The summed E-state index contributed by atoms with van der Waals surface area (Å²) in [5.74, 6) is 1.52. The summed E-state index contributed by atoms with van der Waals surface area (Å²) in [5, 5.41) is 1.88. The van der Waals surface area contributed by atoms with Crippen molar-refractivity contribution in [1.82, 2.24) is 0 Å². The molecule has 0 heterocycles. The van der Waals surface area contributed by atoms with E-state index in [1.165, 1.54) is 0 Å². The third-order valence-corrected chi connectivity index (χ3v) is 0.281. The molecule has 0 atom stereocenters. The summed E-state index contributed by atoms with van der Waals surface area (Å²) in [4.78, 5) is 9.67. The molecule has 0 aromatic heterocycles. The molecule has 0 aliphatic heterocycles. The lowest BCUT2D eigenvalue weighted by molar-refractivity contribution is -0.109. The van der Waals surface area contributed by atoms with Crippen molar-refractivity contribution in [2.75, 3.05) is 0 Å². The van der Waals surface area contributed by atoms with Crippen molar-refractivity contribution in [3.05, 3.63) is 6.92 Å². The summed E-state index contributed by atoms with van der Waals surface area (Å²) in [7, 11) is 0. The van der Waals surface area contributed by atoms with Gasteiger partial charge in [-0.2, -0.15) is 0 Å². The zero-order valence-corrected chi connectivity index (χ0v) is 3.75. The van der Waals surface area contributed by atoms with Gasteiger partial charge < -0.3 is 0 Å². The predicted octanol–water partition coefficient (Wildman–Crippen LogP) is 0.589. The van der Waals surface area contributed by atoms with Crippen LogP contribution in [0.3, 0.4) is 0 Å². The average molecular weight is 102 g/mol. The number of rotatable bonds is 0. The topological polar surface area (TPSA) is 17.1 Å². The zero-order chi connectivity index (χ0) is 4.99. The van der Waals surface area contributed by atoms with E-state index in [4.69, 9.17) is 11.6 Å². The molecule has 0 saturated heterocycles. The van der Waals surface area contributed by atoms with E-state index in [9.17, 15) is 4.79 Å². The Bertz CT molecular complexity index is 106. The van der Waals surface area contributed by atoms with Gasteiger partial charge in [0, 0.05) is 12.3 Å². The van der Waals surface area contributed by atoms with Crippen LogP contribution in [0.5, 0.6) is 0 Å². The number of Topliss-reactive ketones (excluding diaryl/α,β-unsaturated/α-hetero) is 1. The van der Waals surface area contributed by atoms with Crippen molar-refractivity contribution in [2.45, 2.75) is 0 Å². The van der Waals surface area contributed by atoms with E-state index in [1.54, 1.807) is 0 Å². The van der Waals surface area contributed by atoms with Crippen LogP contribution >= 0.6 is 11.6 Å². The van der Waals surface area contributed by atoms with E-state index in [-0.39, 0.29) is 0 Å². The molecule has 0 unspecified atom stereocenters. The molecule has 6 heavy (non-hydrogen) atoms. The van der Waals surface area contributed by atoms with Gasteiger partial charge in [0.2, 0.25) is 5.78 Å². The molecule has 1 nitrogen and oxygen atoms in total. The van der Waals surface area contributed by atoms with E-state index in [1.807, 2.05) is 11.3 Å². The first kappa shape index (κ1) is 5.52. The number of ketones is 1. The average Bonchev–Trinajstić information content (AvgIpc) is 1.35. The molecule has 0 amide bonds. The van der Waals surface area contributed by atoms with Crippen LogP contribution < -0.4 is 0 Å². The van der Waals surface area contributed by atoms with Crippen LogP contribution in [-0.4, -0.2) is 5.78 Å². The van der Waals surface area contributed by atoms with Gasteiger partial charge in [-0.25, -0.2) is 0 Å². The molecule has 0 aromatic rings. The quantitative estimate of drug-likeness (QED) is 0.408. The van der Waals surface area contributed by atoms with Crippen LogP contribution in [0.4, 0.5) is 0 Å². The van der Waals surface area contributed by atoms with Crippen LogP contribution in [0.2, 0.25) is 0 Å². The van der Waals surface area contributed by atoms with Crippen molar-refractivity contribution >= 4 is 17.4 Å². The number of hydrogen-bond donors (Lipinski definition) is 0. The molecule has 0 spiro atoms. The Kier molecular flexibility index (Phi) is 2.52. The first-order valence-electron chi connectivity index (χ1n) is 1.25. The fourth-order valence-electron chi connectivity index (χ4n) is 0.0527. The molecule has 0 aliphatic carbocycles. The Labute approximate surface area is 41.3 Å².